The average molecular weight is 359 g/mol. The zero-order chi connectivity index (χ0) is 18.7. The van der Waals surface area contributed by atoms with E-state index in [4.69, 9.17) is 5.26 Å². The number of nitrogens with one attached hydrogen (secondary N) is 1. The van der Waals surface area contributed by atoms with Crippen molar-refractivity contribution in [2.75, 3.05) is 18.4 Å². The van der Waals surface area contributed by atoms with Crippen LogP contribution >= 0.6 is 0 Å². The molecule has 1 heterocycles. The Morgan fingerprint density at radius 1 is 1.23 bits per heavy atom. The maximum absolute atomic E-state index is 13.2. The fourth-order valence-corrected chi connectivity index (χ4v) is 3.05. The van der Waals surface area contributed by atoms with Gasteiger partial charge >= 0.3 is 6.18 Å². The van der Waals surface area contributed by atoms with Crippen molar-refractivity contribution in [1.82, 2.24) is 4.90 Å². The molecule has 1 aliphatic heterocycles. The van der Waals surface area contributed by atoms with Crippen LogP contribution in [0.4, 0.5) is 18.9 Å². The molecule has 0 fully saturated rings. The highest BCUT2D eigenvalue weighted by Crippen LogP contribution is 2.35. The number of carbonyl (C=O) groups is 1. The van der Waals surface area contributed by atoms with Crippen molar-refractivity contribution in [2.24, 2.45) is 0 Å². The van der Waals surface area contributed by atoms with Gasteiger partial charge in [0.1, 0.15) is 0 Å². The molecule has 134 valence electrons. The number of nitriles is 1. The van der Waals surface area contributed by atoms with Gasteiger partial charge in [-0.05, 0) is 41.8 Å². The summed E-state index contributed by atoms with van der Waals surface area (Å²) in [5.41, 5.74) is 1.21. The van der Waals surface area contributed by atoms with Crippen molar-refractivity contribution in [3.8, 4) is 6.07 Å². The third kappa shape index (κ3) is 3.80. The predicted molar refractivity (Wildman–Crippen MR) is 90.2 cm³/mol. The van der Waals surface area contributed by atoms with Crippen LogP contribution in [0.15, 0.2) is 42.5 Å². The van der Waals surface area contributed by atoms with Crippen LogP contribution in [0.5, 0.6) is 0 Å². The van der Waals surface area contributed by atoms with Gasteiger partial charge in [-0.15, -0.1) is 0 Å². The van der Waals surface area contributed by atoms with Crippen LogP contribution in [-0.2, 0) is 23.9 Å². The first-order valence-corrected chi connectivity index (χ1v) is 8.08. The maximum Gasteiger partial charge on any atom is 0.416 e. The van der Waals surface area contributed by atoms with Crippen LogP contribution in [0, 0.1) is 11.3 Å². The first-order valence-electron chi connectivity index (χ1n) is 8.08. The number of alkyl halides is 3. The summed E-state index contributed by atoms with van der Waals surface area (Å²) in [4.78, 5) is 13.8. The summed E-state index contributed by atoms with van der Waals surface area (Å²) < 4.78 is 39.6. The van der Waals surface area contributed by atoms with Gasteiger partial charge in [0.15, 0.2) is 0 Å². The molecule has 2 aromatic rings. The zero-order valence-corrected chi connectivity index (χ0v) is 13.8. The molecule has 3 rings (SSSR count). The van der Waals surface area contributed by atoms with Crippen molar-refractivity contribution >= 4 is 11.6 Å². The molecular formula is C19H16F3N3O. The Bertz CT molecular complexity index is 871. The maximum atomic E-state index is 13.2. The minimum Gasteiger partial charge on any atom is -0.376 e. The normalized spacial score (nSPS) is 13.7. The highest BCUT2D eigenvalue weighted by atomic mass is 19.4. The van der Waals surface area contributed by atoms with E-state index in [-0.39, 0.29) is 24.6 Å². The minimum atomic E-state index is -4.44. The lowest BCUT2D eigenvalue weighted by atomic mass is 9.94. The van der Waals surface area contributed by atoms with E-state index in [1.165, 1.54) is 11.0 Å². The SMILES string of the molecule is N#Cc1cccc(NCC(=O)N2CCc3cccc(C(F)(F)F)c3C2)c1. The molecule has 0 radical (unpaired) electrons. The zero-order valence-electron chi connectivity index (χ0n) is 13.8. The second-order valence-electron chi connectivity index (χ2n) is 6.05. The van der Waals surface area contributed by atoms with Gasteiger partial charge in [0.05, 0.1) is 23.7 Å². The largest absolute Gasteiger partial charge is 0.416 e. The number of nitrogens with zero attached hydrogens (tertiary/aromatic N) is 2. The van der Waals surface area contributed by atoms with Crippen LogP contribution < -0.4 is 5.32 Å². The smallest absolute Gasteiger partial charge is 0.376 e. The Balaban J connectivity index is 1.70. The Kier molecular flexibility index (Phi) is 4.85. The van der Waals surface area contributed by atoms with Crippen LogP contribution in [0.1, 0.15) is 22.3 Å². The van der Waals surface area contributed by atoms with Crippen LogP contribution in [0.3, 0.4) is 0 Å². The first-order chi connectivity index (χ1) is 12.4. The van der Waals surface area contributed by atoms with E-state index in [2.05, 4.69) is 5.32 Å². The van der Waals surface area contributed by atoms with Gasteiger partial charge in [0.2, 0.25) is 5.91 Å². The number of hydrogen-bond acceptors (Lipinski definition) is 3. The summed E-state index contributed by atoms with van der Waals surface area (Å²) in [6.07, 6.45) is -4.04. The van der Waals surface area contributed by atoms with Crippen molar-refractivity contribution in [1.29, 1.82) is 5.26 Å². The molecule has 0 aliphatic carbocycles. The van der Waals surface area contributed by atoms with Crippen LogP contribution in [0.2, 0.25) is 0 Å². The van der Waals surface area contributed by atoms with Crippen molar-refractivity contribution in [2.45, 2.75) is 19.1 Å². The summed E-state index contributed by atoms with van der Waals surface area (Å²) in [7, 11) is 0. The van der Waals surface area contributed by atoms with Crippen LogP contribution in [-0.4, -0.2) is 23.9 Å². The number of anilines is 1. The summed E-state index contributed by atoms with van der Waals surface area (Å²) in [5, 5.41) is 11.8. The van der Waals surface area contributed by atoms with Gasteiger partial charge < -0.3 is 10.2 Å². The molecule has 2 aromatic carbocycles. The second kappa shape index (κ2) is 7.08. The molecule has 0 unspecified atom stereocenters. The van der Waals surface area contributed by atoms with Gasteiger partial charge in [-0.2, -0.15) is 18.4 Å². The molecule has 7 heteroatoms. The Labute approximate surface area is 148 Å². The molecule has 0 atom stereocenters. The fraction of sp³-hybridized carbons (Fsp3) is 0.263. The first kappa shape index (κ1) is 17.8. The number of fused-ring (bicyclic) bond motifs is 1. The van der Waals surface area contributed by atoms with Gasteiger partial charge in [0.25, 0.3) is 0 Å². The lowest BCUT2D eigenvalue weighted by molar-refractivity contribution is -0.140. The van der Waals surface area contributed by atoms with Crippen molar-refractivity contribution < 1.29 is 18.0 Å². The number of halogens is 3. The molecule has 0 spiro atoms. The highest BCUT2D eigenvalue weighted by Gasteiger charge is 2.36. The predicted octanol–water partition coefficient (Wildman–Crippen LogP) is 3.57. The molecule has 4 nitrogen and oxygen atoms in total. The van der Waals surface area contributed by atoms with Gasteiger partial charge in [-0.1, -0.05) is 18.2 Å². The minimum absolute atomic E-state index is 0.0433. The summed E-state index contributed by atoms with van der Waals surface area (Å²) >= 11 is 0. The van der Waals surface area contributed by atoms with E-state index >= 15 is 0 Å². The van der Waals surface area contributed by atoms with Crippen LogP contribution in [0.25, 0.3) is 0 Å². The Morgan fingerprint density at radius 3 is 2.73 bits per heavy atom. The molecule has 1 N–H and O–H groups in total. The molecule has 0 aromatic heterocycles. The monoisotopic (exact) mass is 359 g/mol. The molecule has 0 saturated heterocycles. The average Bonchev–Trinajstić information content (AvgIpc) is 2.64. The molecule has 0 saturated carbocycles. The Morgan fingerprint density at radius 2 is 2.00 bits per heavy atom. The number of hydrogen-bond donors (Lipinski definition) is 1. The summed E-state index contributed by atoms with van der Waals surface area (Å²) in [6, 6.07) is 12.8. The molecule has 1 aliphatic rings. The van der Waals surface area contributed by atoms with E-state index < -0.39 is 11.7 Å². The quantitative estimate of drug-likeness (QED) is 0.911. The third-order valence-electron chi connectivity index (χ3n) is 4.37. The van der Waals surface area contributed by atoms with E-state index in [9.17, 15) is 18.0 Å². The molecular weight excluding hydrogens is 343 g/mol. The number of carbonyl (C=O) groups excluding carboxylic acids is 1. The lowest BCUT2D eigenvalue weighted by Gasteiger charge is -2.31. The van der Waals surface area contributed by atoms with E-state index in [1.807, 2.05) is 6.07 Å². The fourth-order valence-electron chi connectivity index (χ4n) is 3.05. The van der Waals surface area contributed by atoms with Crippen molar-refractivity contribution in [3.05, 3.63) is 64.7 Å². The second-order valence-corrected chi connectivity index (χ2v) is 6.05. The van der Waals surface area contributed by atoms with Crippen molar-refractivity contribution in [3.63, 3.8) is 0 Å². The Hall–Kier alpha value is -3.01. The number of benzene rings is 2. The van der Waals surface area contributed by atoms with E-state index in [0.29, 0.717) is 29.8 Å². The van der Waals surface area contributed by atoms with E-state index in [1.54, 1.807) is 30.3 Å². The molecule has 0 bridgehead atoms. The summed E-state index contributed by atoms with van der Waals surface area (Å²) in [6.45, 7) is 0.287. The third-order valence-corrected chi connectivity index (χ3v) is 4.37. The molecule has 1 amide bonds. The number of amides is 1. The van der Waals surface area contributed by atoms with Gasteiger partial charge in [0, 0.05) is 18.8 Å². The van der Waals surface area contributed by atoms with E-state index in [0.717, 1.165) is 6.07 Å². The lowest BCUT2D eigenvalue weighted by Crippen LogP contribution is -2.40. The molecule has 26 heavy (non-hydrogen) atoms. The topological polar surface area (TPSA) is 56.1 Å². The summed E-state index contributed by atoms with van der Waals surface area (Å²) in [5.74, 6) is -0.282. The van der Waals surface area contributed by atoms with Gasteiger partial charge in [-0.25, -0.2) is 0 Å². The van der Waals surface area contributed by atoms with Gasteiger partial charge in [-0.3, -0.25) is 4.79 Å². The highest BCUT2D eigenvalue weighted by molar-refractivity contribution is 5.81. The number of rotatable bonds is 3. The standard InChI is InChI=1S/C19H16F3N3O/c20-19(21,22)17-6-2-4-14-7-8-25(12-16(14)17)18(26)11-24-15-5-1-3-13(9-15)10-23/h1-6,9,24H,7-8,11-12H2.